The lowest BCUT2D eigenvalue weighted by Crippen LogP contribution is -2.49. The van der Waals surface area contributed by atoms with Crippen LogP contribution in [-0.4, -0.2) is 104 Å². The van der Waals surface area contributed by atoms with Crippen molar-refractivity contribution < 1.29 is 18.0 Å². The van der Waals surface area contributed by atoms with Crippen molar-refractivity contribution in [1.82, 2.24) is 44.1 Å². The number of sulfonamides is 1. The number of likely N-dealkylation sites (tertiary alicyclic amines) is 1. The van der Waals surface area contributed by atoms with E-state index in [1.165, 1.54) is 10.5 Å². The fraction of sp³-hybridized carbons (Fsp3) is 0.475. The normalized spacial score (nSPS) is 18.6. The number of benzene rings is 2. The summed E-state index contributed by atoms with van der Waals surface area (Å²) in [4.78, 5) is 37.5. The van der Waals surface area contributed by atoms with Crippen LogP contribution >= 0.6 is 0 Å². The van der Waals surface area contributed by atoms with Gasteiger partial charge in [0, 0.05) is 63.8 Å². The van der Waals surface area contributed by atoms with Gasteiger partial charge in [0.25, 0.3) is 0 Å². The van der Waals surface area contributed by atoms with Crippen LogP contribution in [0.2, 0.25) is 0 Å². The summed E-state index contributed by atoms with van der Waals surface area (Å²) in [6.07, 6.45) is 7.58. The van der Waals surface area contributed by atoms with Crippen molar-refractivity contribution in [2.75, 3.05) is 49.5 Å². The highest BCUT2D eigenvalue weighted by Gasteiger charge is 2.32. The maximum absolute atomic E-state index is 13.9. The van der Waals surface area contributed by atoms with Gasteiger partial charge in [0.1, 0.15) is 0 Å². The van der Waals surface area contributed by atoms with Crippen molar-refractivity contribution in [2.24, 2.45) is 13.0 Å². The number of carbonyl (C=O) groups is 2. The summed E-state index contributed by atoms with van der Waals surface area (Å²) in [5.74, 6) is 1.39. The zero-order chi connectivity index (χ0) is 39.8. The highest BCUT2D eigenvalue weighted by molar-refractivity contribution is 7.89. The lowest BCUT2D eigenvalue weighted by molar-refractivity contribution is -0.120. The Balaban J connectivity index is 0.856. The minimum atomic E-state index is -3.75. The Morgan fingerprint density at radius 2 is 1.81 bits per heavy atom. The molecule has 1 unspecified atom stereocenters. The molecule has 3 fully saturated rings. The third-order valence-electron chi connectivity index (χ3n) is 11.7. The number of nitriles is 1. The molecule has 1 atom stereocenters. The SMILES string of the molecule is CCn1ncc2cnc(NC3CCN(S(=O)(=O)c4ccc(C#N)c(CC(C)CN5CCC(c6ccc7c(N8CCC(=O)NC8=O)nn(C)c7c6)CC5)c4)CC3)nc21. The summed E-state index contributed by atoms with van der Waals surface area (Å²) in [5, 5.41) is 26.4. The Morgan fingerprint density at radius 3 is 2.54 bits per heavy atom. The molecule has 0 radical (unpaired) electrons. The molecule has 2 aromatic carbocycles. The number of aromatic nitrogens is 6. The first kappa shape index (κ1) is 38.4. The lowest BCUT2D eigenvalue weighted by Gasteiger charge is -2.34. The maximum atomic E-state index is 13.9. The standard InChI is InChI=1S/C40H48N12O4S/c1-4-52-37-31(24-43-52)23-42-39(46-37)44-32-11-16-50(17-12-32)57(55,56)33-7-5-29(22-41)30(20-33)19-26(2)25-49-14-9-27(10-15-49)28-6-8-34-35(21-28)48(3)47-38(34)51-18-13-36(53)45-40(51)54/h5-8,20-21,23-24,26-27,32H,4,9-19,25H2,1-3H3,(H,42,44,46)(H,45,53,54). The molecule has 3 amide bonds. The molecular formula is C40H48N12O4S. The molecule has 0 saturated carbocycles. The number of hydrogen-bond acceptors (Lipinski definition) is 11. The summed E-state index contributed by atoms with van der Waals surface area (Å²) in [7, 11) is -1.88. The summed E-state index contributed by atoms with van der Waals surface area (Å²) in [6.45, 7) is 8.63. The zero-order valence-corrected chi connectivity index (χ0v) is 33.4. The largest absolute Gasteiger partial charge is 0.351 e. The van der Waals surface area contributed by atoms with Gasteiger partial charge in [0.15, 0.2) is 11.5 Å². The van der Waals surface area contributed by atoms with E-state index in [1.54, 1.807) is 39.6 Å². The highest BCUT2D eigenvalue weighted by atomic mass is 32.2. The molecule has 0 spiro atoms. The molecule has 3 aliphatic rings. The molecule has 8 rings (SSSR count). The van der Waals surface area contributed by atoms with E-state index in [2.05, 4.69) is 60.8 Å². The average Bonchev–Trinajstić information content (AvgIpc) is 3.77. The highest BCUT2D eigenvalue weighted by Crippen LogP contribution is 2.34. The number of rotatable bonds is 11. The van der Waals surface area contributed by atoms with E-state index >= 15 is 0 Å². The second-order valence-corrected chi connectivity index (χ2v) is 17.5. The van der Waals surface area contributed by atoms with Crippen molar-refractivity contribution in [1.29, 1.82) is 5.26 Å². The van der Waals surface area contributed by atoms with Gasteiger partial charge in [-0.15, -0.1) is 0 Å². The first-order chi connectivity index (χ1) is 27.5. The Morgan fingerprint density at radius 1 is 1.02 bits per heavy atom. The summed E-state index contributed by atoms with van der Waals surface area (Å²) >= 11 is 0. The van der Waals surface area contributed by atoms with Gasteiger partial charge in [-0.25, -0.2) is 22.9 Å². The van der Waals surface area contributed by atoms with Crippen LogP contribution in [0.3, 0.4) is 0 Å². The molecule has 0 bridgehead atoms. The van der Waals surface area contributed by atoms with Crippen LogP contribution in [0.25, 0.3) is 21.9 Å². The number of carbonyl (C=O) groups excluding carboxylic acids is 2. The summed E-state index contributed by atoms with van der Waals surface area (Å²) < 4.78 is 32.9. The van der Waals surface area contributed by atoms with Gasteiger partial charge in [0.2, 0.25) is 21.9 Å². The van der Waals surface area contributed by atoms with Crippen molar-refractivity contribution >= 4 is 55.7 Å². The molecule has 0 aliphatic carbocycles. The smallest absolute Gasteiger partial charge is 0.329 e. The fourth-order valence-electron chi connectivity index (χ4n) is 8.55. The van der Waals surface area contributed by atoms with Gasteiger partial charge < -0.3 is 10.2 Å². The Bertz CT molecular complexity index is 2470. The number of imide groups is 1. The van der Waals surface area contributed by atoms with Crippen LogP contribution in [0.5, 0.6) is 0 Å². The number of nitrogens with zero attached hydrogens (tertiary/aromatic N) is 10. The van der Waals surface area contributed by atoms with E-state index in [4.69, 9.17) is 0 Å². The minimum Gasteiger partial charge on any atom is -0.351 e. The molecule has 57 heavy (non-hydrogen) atoms. The summed E-state index contributed by atoms with van der Waals surface area (Å²) in [5.41, 5.74) is 4.22. The van der Waals surface area contributed by atoms with E-state index in [1.807, 2.05) is 24.7 Å². The van der Waals surface area contributed by atoms with Crippen molar-refractivity contribution in [3.8, 4) is 6.07 Å². The van der Waals surface area contributed by atoms with Crippen LogP contribution in [0.4, 0.5) is 16.6 Å². The van der Waals surface area contributed by atoms with E-state index in [0.717, 1.165) is 60.0 Å². The average molecular weight is 793 g/mol. The molecule has 3 saturated heterocycles. The third kappa shape index (κ3) is 7.81. The Labute approximate surface area is 331 Å². The van der Waals surface area contributed by atoms with Gasteiger partial charge in [-0.3, -0.25) is 19.7 Å². The molecule has 17 heteroatoms. The van der Waals surface area contributed by atoms with Crippen LogP contribution in [0.15, 0.2) is 53.7 Å². The molecule has 298 valence electrons. The number of anilines is 2. The third-order valence-corrected chi connectivity index (χ3v) is 13.6. The second-order valence-electron chi connectivity index (χ2n) is 15.5. The van der Waals surface area contributed by atoms with Gasteiger partial charge >= 0.3 is 6.03 Å². The Hall–Kier alpha value is -5.44. The number of fused-ring (bicyclic) bond motifs is 2. The predicted octanol–water partition coefficient (Wildman–Crippen LogP) is 4.37. The molecule has 3 aromatic heterocycles. The van der Waals surface area contributed by atoms with Crippen molar-refractivity contribution in [3.63, 3.8) is 0 Å². The first-order valence-corrected chi connectivity index (χ1v) is 21.2. The second kappa shape index (κ2) is 15.8. The van der Waals surface area contributed by atoms with E-state index in [0.29, 0.717) is 68.7 Å². The number of amides is 3. The predicted molar refractivity (Wildman–Crippen MR) is 215 cm³/mol. The van der Waals surface area contributed by atoms with E-state index < -0.39 is 16.1 Å². The van der Waals surface area contributed by atoms with Gasteiger partial charge in [-0.05, 0) is 105 Å². The molecular weight excluding hydrogens is 745 g/mol. The molecule has 5 aromatic rings. The topological polar surface area (TPSA) is 187 Å². The summed E-state index contributed by atoms with van der Waals surface area (Å²) in [6, 6.07) is 13.1. The first-order valence-electron chi connectivity index (χ1n) is 19.8. The molecule has 6 heterocycles. The molecule has 16 nitrogen and oxygen atoms in total. The van der Waals surface area contributed by atoms with Gasteiger partial charge in [-0.2, -0.15) is 24.7 Å². The van der Waals surface area contributed by atoms with Crippen molar-refractivity contribution in [3.05, 3.63) is 65.5 Å². The number of piperidine rings is 2. The molecule has 3 aliphatic heterocycles. The Kier molecular flexibility index (Phi) is 10.7. The van der Waals surface area contributed by atoms with E-state index in [-0.39, 0.29) is 29.2 Å². The van der Waals surface area contributed by atoms with Gasteiger partial charge in [-0.1, -0.05) is 13.0 Å². The molecule has 2 N–H and O–H groups in total. The number of urea groups is 1. The zero-order valence-electron chi connectivity index (χ0n) is 32.6. The lowest BCUT2D eigenvalue weighted by atomic mass is 9.88. The van der Waals surface area contributed by atoms with Gasteiger partial charge in [0.05, 0.1) is 33.6 Å². The van der Waals surface area contributed by atoms with E-state index in [9.17, 15) is 23.3 Å². The number of aryl methyl sites for hydroxylation is 2. The van der Waals surface area contributed by atoms with Crippen LogP contribution < -0.4 is 15.5 Å². The minimum absolute atomic E-state index is 0.0393. The number of nitrogens with one attached hydrogen (secondary N) is 2. The fourth-order valence-corrected chi connectivity index (χ4v) is 10.1. The number of hydrogen-bond donors (Lipinski definition) is 2. The monoisotopic (exact) mass is 792 g/mol. The van der Waals surface area contributed by atoms with Crippen molar-refractivity contribution in [2.45, 2.75) is 75.8 Å². The maximum Gasteiger partial charge on any atom is 0.329 e. The van der Waals surface area contributed by atoms with Crippen LogP contribution in [-0.2, 0) is 34.8 Å². The quantitative estimate of drug-likeness (QED) is 0.193. The van der Waals surface area contributed by atoms with Crippen LogP contribution in [0.1, 0.15) is 68.6 Å². The van der Waals surface area contributed by atoms with Crippen LogP contribution in [0, 0.1) is 17.2 Å².